The van der Waals surface area contributed by atoms with Crippen molar-refractivity contribution in [2.75, 3.05) is 0 Å². The van der Waals surface area contributed by atoms with Gasteiger partial charge in [-0.05, 0) is 41.5 Å². The van der Waals surface area contributed by atoms with Crippen molar-refractivity contribution in [1.82, 2.24) is 4.57 Å². The van der Waals surface area contributed by atoms with Crippen molar-refractivity contribution in [2.45, 2.75) is 52.6 Å². The molecule has 1 aromatic heterocycles. The molecular formula is C12H21ClN2O. The predicted octanol–water partition coefficient (Wildman–Crippen LogP) is -0.898. The van der Waals surface area contributed by atoms with Crippen LogP contribution in [0, 0.1) is 0 Å². The number of imidazole rings is 1. The summed E-state index contributed by atoms with van der Waals surface area (Å²) in [4.78, 5) is 11.2. The van der Waals surface area contributed by atoms with Gasteiger partial charge < -0.3 is 12.4 Å². The van der Waals surface area contributed by atoms with E-state index in [4.69, 9.17) is 0 Å². The van der Waals surface area contributed by atoms with E-state index in [0.717, 1.165) is 12.1 Å². The minimum Gasteiger partial charge on any atom is -1.00 e. The molecule has 3 nitrogen and oxygen atoms in total. The second-order valence-corrected chi connectivity index (χ2v) is 5.86. The third kappa shape index (κ3) is 2.85. The summed E-state index contributed by atoms with van der Waals surface area (Å²) in [5, 5.41) is 0. The van der Waals surface area contributed by atoms with Crippen LogP contribution in [0.15, 0.2) is 12.4 Å². The summed E-state index contributed by atoms with van der Waals surface area (Å²) >= 11 is 0. The maximum absolute atomic E-state index is 11.2. The molecular weight excluding hydrogens is 224 g/mol. The summed E-state index contributed by atoms with van der Waals surface area (Å²) in [5.74, 6) is 0.718. The van der Waals surface area contributed by atoms with Gasteiger partial charge in [-0.3, -0.25) is 4.79 Å². The van der Waals surface area contributed by atoms with Crippen LogP contribution in [-0.2, 0) is 11.1 Å². The lowest BCUT2D eigenvalue weighted by Gasteiger charge is -2.19. The highest BCUT2D eigenvalue weighted by atomic mass is 35.5. The molecule has 92 valence electrons. The van der Waals surface area contributed by atoms with Crippen LogP contribution >= 0.6 is 0 Å². The molecule has 16 heavy (non-hydrogen) atoms. The average Bonchev–Trinajstić information content (AvgIpc) is 2.43. The first-order valence-electron chi connectivity index (χ1n) is 5.27. The number of carbonyl (C=O) groups excluding carboxylic acids is 1. The third-order valence-corrected chi connectivity index (χ3v) is 2.41. The molecule has 0 aliphatic carbocycles. The highest BCUT2D eigenvalue weighted by molar-refractivity contribution is 5.67. The van der Waals surface area contributed by atoms with Crippen molar-refractivity contribution >= 4 is 6.29 Å². The van der Waals surface area contributed by atoms with E-state index in [0.29, 0.717) is 0 Å². The van der Waals surface area contributed by atoms with E-state index in [1.807, 2.05) is 21.5 Å². The summed E-state index contributed by atoms with van der Waals surface area (Å²) in [6.07, 6.45) is 4.86. The van der Waals surface area contributed by atoms with Crippen molar-refractivity contribution in [3.8, 4) is 0 Å². The van der Waals surface area contributed by atoms with E-state index in [9.17, 15) is 4.79 Å². The lowest BCUT2D eigenvalue weighted by Crippen LogP contribution is -3.00. The molecule has 1 heterocycles. The van der Waals surface area contributed by atoms with Gasteiger partial charge >= 0.3 is 5.82 Å². The SMILES string of the molecule is CC(C)(C)n1cc[n+](C(C)(C)C)c1C=O.[Cl-]. The minimum atomic E-state index is -0.0628. The van der Waals surface area contributed by atoms with Crippen LogP contribution < -0.4 is 17.0 Å². The fraction of sp³-hybridized carbons (Fsp3) is 0.667. The van der Waals surface area contributed by atoms with E-state index in [1.165, 1.54) is 0 Å². The van der Waals surface area contributed by atoms with Crippen LogP contribution in [0.25, 0.3) is 0 Å². The first-order valence-corrected chi connectivity index (χ1v) is 5.27. The largest absolute Gasteiger partial charge is 1.00 e. The smallest absolute Gasteiger partial charge is 0.323 e. The molecule has 0 unspecified atom stereocenters. The zero-order valence-electron chi connectivity index (χ0n) is 10.9. The molecule has 4 heteroatoms. The van der Waals surface area contributed by atoms with E-state index in [2.05, 4.69) is 41.5 Å². The Morgan fingerprint density at radius 3 is 2.00 bits per heavy atom. The lowest BCUT2D eigenvalue weighted by molar-refractivity contribution is -0.754. The van der Waals surface area contributed by atoms with Gasteiger partial charge in [0.15, 0.2) is 0 Å². The average molecular weight is 245 g/mol. The Bertz CT molecular complexity index is 338. The van der Waals surface area contributed by atoms with Gasteiger partial charge in [-0.2, -0.15) is 0 Å². The molecule has 0 spiro atoms. The van der Waals surface area contributed by atoms with Crippen LogP contribution in [-0.4, -0.2) is 10.9 Å². The summed E-state index contributed by atoms with van der Waals surface area (Å²) in [6, 6.07) is 0. The number of carbonyl (C=O) groups is 1. The van der Waals surface area contributed by atoms with E-state index < -0.39 is 0 Å². The maximum atomic E-state index is 11.2. The molecule has 0 aromatic carbocycles. The minimum absolute atomic E-state index is 0. The standard InChI is InChI=1S/C12H21N2O.ClH/c1-11(2,3)13-7-8-14(10(13)9-15)12(4,5)6;/h7-9H,1-6H3;1H/q+1;/p-1. The fourth-order valence-corrected chi connectivity index (χ4v) is 1.65. The van der Waals surface area contributed by atoms with Crippen molar-refractivity contribution < 1.29 is 21.8 Å². The molecule has 0 N–H and O–H groups in total. The maximum Gasteiger partial charge on any atom is 0.323 e. The van der Waals surface area contributed by atoms with Crippen molar-refractivity contribution in [3.05, 3.63) is 18.2 Å². The van der Waals surface area contributed by atoms with E-state index >= 15 is 0 Å². The highest BCUT2D eigenvalue weighted by Crippen LogP contribution is 2.16. The van der Waals surface area contributed by atoms with Crippen LogP contribution in [0.5, 0.6) is 0 Å². The third-order valence-electron chi connectivity index (χ3n) is 2.41. The Morgan fingerprint density at radius 1 is 1.19 bits per heavy atom. The highest BCUT2D eigenvalue weighted by Gasteiger charge is 2.31. The molecule has 1 aromatic rings. The van der Waals surface area contributed by atoms with Crippen LogP contribution in [0.3, 0.4) is 0 Å². The summed E-state index contributed by atoms with van der Waals surface area (Å²) < 4.78 is 4.01. The number of rotatable bonds is 1. The molecule has 0 radical (unpaired) electrons. The predicted molar refractivity (Wildman–Crippen MR) is 60.0 cm³/mol. The fourth-order valence-electron chi connectivity index (χ4n) is 1.65. The Kier molecular flexibility index (Phi) is 4.34. The normalized spacial score (nSPS) is 12.1. The Morgan fingerprint density at radius 2 is 1.69 bits per heavy atom. The van der Waals surface area contributed by atoms with Crippen LogP contribution in [0.1, 0.15) is 52.2 Å². The molecule has 0 saturated carbocycles. The van der Waals surface area contributed by atoms with Gasteiger partial charge in [-0.1, -0.05) is 0 Å². The molecule has 0 fully saturated rings. The second kappa shape index (κ2) is 4.58. The van der Waals surface area contributed by atoms with Gasteiger partial charge in [-0.15, -0.1) is 0 Å². The Balaban J connectivity index is 0.00000225. The number of hydrogen-bond donors (Lipinski definition) is 0. The van der Waals surface area contributed by atoms with Gasteiger partial charge in [-0.25, -0.2) is 9.13 Å². The van der Waals surface area contributed by atoms with Gasteiger partial charge in [0, 0.05) is 0 Å². The number of hydrogen-bond acceptors (Lipinski definition) is 1. The monoisotopic (exact) mass is 244 g/mol. The quantitative estimate of drug-likeness (QED) is 0.465. The molecule has 0 aliphatic rings. The van der Waals surface area contributed by atoms with Crippen LogP contribution in [0.2, 0.25) is 0 Å². The molecule has 0 aliphatic heterocycles. The summed E-state index contributed by atoms with van der Waals surface area (Å²) in [7, 11) is 0. The molecule has 0 amide bonds. The summed E-state index contributed by atoms with van der Waals surface area (Å²) in [6.45, 7) is 12.5. The van der Waals surface area contributed by atoms with Gasteiger partial charge in [0.05, 0.1) is 0 Å². The van der Waals surface area contributed by atoms with Gasteiger partial charge in [0.25, 0.3) is 0 Å². The number of halogens is 1. The second-order valence-electron chi connectivity index (χ2n) is 5.86. The summed E-state index contributed by atoms with van der Waals surface area (Å²) in [5.41, 5.74) is -0.126. The topological polar surface area (TPSA) is 25.9 Å². The van der Waals surface area contributed by atoms with Gasteiger partial charge in [0.1, 0.15) is 23.5 Å². The molecule has 0 atom stereocenters. The molecule has 0 saturated heterocycles. The van der Waals surface area contributed by atoms with Crippen LogP contribution in [0.4, 0.5) is 0 Å². The first kappa shape index (κ1) is 15.2. The van der Waals surface area contributed by atoms with Crippen molar-refractivity contribution in [1.29, 1.82) is 0 Å². The van der Waals surface area contributed by atoms with E-state index in [1.54, 1.807) is 0 Å². The van der Waals surface area contributed by atoms with Crippen molar-refractivity contribution in [2.24, 2.45) is 0 Å². The van der Waals surface area contributed by atoms with Crippen molar-refractivity contribution in [3.63, 3.8) is 0 Å². The lowest BCUT2D eigenvalue weighted by atomic mass is 10.1. The first-order chi connectivity index (χ1) is 6.68. The number of aromatic nitrogens is 2. The molecule has 0 bridgehead atoms. The Labute approximate surface area is 104 Å². The van der Waals surface area contributed by atoms with E-state index in [-0.39, 0.29) is 23.5 Å². The number of nitrogens with zero attached hydrogens (tertiary/aromatic N) is 2. The van der Waals surface area contributed by atoms with Gasteiger partial charge in [0.2, 0.25) is 6.29 Å². The zero-order valence-corrected chi connectivity index (χ0v) is 11.7. The Hall–Kier alpha value is -0.830. The zero-order chi connectivity index (χ0) is 11.9. The molecule has 1 rings (SSSR count). The number of aldehydes is 1.